The molecular formula is C29H36F2N6O5SSi. The van der Waals surface area contributed by atoms with Crippen LogP contribution in [0.1, 0.15) is 24.5 Å². The highest BCUT2D eigenvalue weighted by molar-refractivity contribution is 7.88. The van der Waals surface area contributed by atoms with E-state index in [1.165, 1.54) is 6.20 Å². The molecule has 15 heteroatoms. The summed E-state index contributed by atoms with van der Waals surface area (Å²) in [7, 11) is -4.84. The van der Waals surface area contributed by atoms with E-state index >= 15 is 0 Å². The van der Waals surface area contributed by atoms with Crippen LogP contribution >= 0.6 is 0 Å². The predicted molar refractivity (Wildman–Crippen MR) is 164 cm³/mol. The largest absolute Gasteiger partial charge is 0.476 e. The zero-order valence-electron chi connectivity index (χ0n) is 25.1. The first-order valence-electron chi connectivity index (χ1n) is 14.6. The summed E-state index contributed by atoms with van der Waals surface area (Å²) in [6.45, 7) is 4.86. The maximum atomic E-state index is 13.6. The lowest BCUT2D eigenvalue weighted by molar-refractivity contribution is -0.0524. The highest BCUT2D eigenvalue weighted by atomic mass is 32.2. The average Bonchev–Trinajstić information content (AvgIpc) is 3.65. The van der Waals surface area contributed by atoms with Crippen molar-refractivity contribution in [3.8, 4) is 34.1 Å². The lowest BCUT2D eigenvalue weighted by Gasteiger charge is -2.25. The Balaban J connectivity index is 1.57. The van der Waals surface area contributed by atoms with Gasteiger partial charge in [-0.15, -0.1) is 0 Å². The van der Waals surface area contributed by atoms with Crippen molar-refractivity contribution in [1.29, 1.82) is 0 Å². The van der Waals surface area contributed by atoms with Gasteiger partial charge in [0.15, 0.2) is 0 Å². The van der Waals surface area contributed by atoms with Crippen molar-refractivity contribution < 1.29 is 31.4 Å². The van der Waals surface area contributed by atoms with Crippen LogP contribution in [0.25, 0.3) is 33.4 Å². The third-order valence-electron chi connectivity index (χ3n) is 7.61. The highest BCUT2D eigenvalue weighted by Gasteiger charge is 2.39. The molecule has 0 unspecified atom stereocenters. The molecule has 1 atom stereocenters. The van der Waals surface area contributed by atoms with Gasteiger partial charge in [-0.25, -0.2) is 27.8 Å². The number of hydrogen-bond acceptors (Lipinski definition) is 8. The topological polar surface area (TPSA) is 122 Å². The Labute approximate surface area is 255 Å². The number of alkyl halides is 2. The van der Waals surface area contributed by atoms with Gasteiger partial charge in [0.05, 0.1) is 35.8 Å². The maximum absolute atomic E-state index is 13.6. The molecular weight excluding hydrogens is 611 g/mol. The van der Waals surface area contributed by atoms with Crippen LogP contribution in [0.2, 0.25) is 25.7 Å². The summed E-state index contributed by atoms with van der Waals surface area (Å²) in [5.74, 6) is 0.434. The molecule has 5 heterocycles. The zero-order chi connectivity index (χ0) is 31.2. The fraction of sp³-hybridized carbons (Fsp3) is 0.483. The molecule has 0 saturated heterocycles. The smallest absolute Gasteiger partial charge is 0.388 e. The molecule has 4 aromatic rings. The van der Waals surface area contributed by atoms with Crippen molar-refractivity contribution in [1.82, 2.24) is 29.0 Å². The number of sulfonamides is 1. The summed E-state index contributed by atoms with van der Waals surface area (Å²) in [5.41, 5.74) is 3.73. The molecule has 1 aliphatic carbocycles. The number of ether oxygens (including phenoxy) is 3. The Morgan fingerprint density at radius 3 is 2.59 bits per heavy atom. The summed E-state index contributed by atoms with van der Waals surface area (Å²) >= 11 is 0. The molecule has 1 fully saturated rings. The summed E-state index contributed by atoms with van der Waals surface area (Å²) in [6, 6.07) is 7.52. The Morgan fingerprint density at radius 1 is 1.14 bits per heavy atom. The molecule has 0 radical (unpaired) electrons. The molecule has 0 spiro atoms. The first-order chi connectivity index (χ1) is 20.9. The lowest BCUT2D eigenvalue weighted by Crippen LogP contribution is -2.44. The quantitative estimate of drug-likeness (QED) is 0.167. The van der Waals surface area contributed by atoms with E-state index in [-0.39, 0.29) is 31.7 Å². The van der Waals surface area contributed by atoms with E-state index in [1.807, 2.05) is 10.6 Å². The van der Waals surface area contributed by atoms with Crippen LogP contribution in [0.3, 0.4) is 0 Å². The van der Waals surface area contributed by atoms with E-state index in [4.69, 9.17) is 24.3 Å². The number of nitrogens with one attached hydrogen (secondary N) is 1. The van der Waals surface area contributed by atoms with Gasteiger partial charge in [0, 0.05) is 49.5 Å². The Morgan fingerprint density at radius 2 is 1.89 bits per heavy atom. The number of halogens is 2. The van der Waals surface area contributed by atoms with Crippen molar-refractivity contribution >= 4 is 29.1 Å². The van der Waals surface area contributed by atoms with Crippen molar-refractivity contribution in [2.75, 3.05) is 19.5 Å². The maximum Gasteiger partial charge on any atom is 0.388 e. The molecule has 2 aliphatic rings. The number of hydrogen-bond donors (Lipinski definition) is 1. The van der Waals surface area contributed by atoms with Crippen LogP contribution < -0.4 is 14.2 Å². The zero-order valence-corrected chi connectivity index (χ0v) is 26.9. The first-order valence-corrected chi connectivity index (χ1v) is 20.2. The van der Waals surface area contributed by atoms with E-state index in [0.29, 0.717) is 45.9 Å². The molecule has 6 rings (SSSR count). The highest BCUT2D eigenvalue weighted by Crippen LogP contribution is 2.52. The standard InChI is InChI=1S/C29H36F2N6O5SSi/c1-43(38,39)35-19-15-37-28(41-16-19)23(24(34-37)18-9-10-18)25-22(21-8-6-12-33-27(21)42-29(30)31)20-7-5-11-32-26(20)36(25)17-40-13-14-44(2,3)4/h5-8,11-12,18-19,29,35H,9-10,13-17H2,1-4H3/t19-/m0/s1. The van der Waals surface area contributed by atoms with Crippen LogP contribution in [0.15, 0.2) is 36.7 Å². The second-order valence-electron chi connectivity index (χ2n) is 12.5. The second kappa shape index (κ2) is 11.8. The van der Waals surface area contributed by atoms with Crippen LogP contribution in [0.5, 0.6) is 11.8 Å². The summed E-state index contributed by atoms with van der Waals surface area (Å²) in [6.07, 6.45) is 6.07. The normalized spacial score (nSPS) is 17.2. The minimum atomic E-state index is -3.47. The Kier molecular flexibility index (Phi) is 8.24. The molecule has 236 valence electrons. The molecule has 1 saturated carbocycles. The van der Waals surface area contributed by atoms with Crippen molar-refractivity contribution in [3.05, 3.63) is 42.4 Å². The van der Waals surface area contributed by atoms with Gasteiger partial charge in [-0.1, -0.05) is 19.6 Å². The van der Waals surface area contributed by atoms with Crippen LogP contribution in [-0.2, 0) is 28.0 Å². The molecule has 1 aliphatic heterocycles. The van der Waals surface area contributed by atoms with E-state index in [1.54, 1.807) is 29.1 Å². The number of aromatic nitrogens is 5. The number of nitrogens with zero attached hydrogens (tertiary/aromatic N) is 5. The van der Waals surface area contributed by atoms with Crippen molar-refractivity contribution in [3.63, 3.8) is 0 Å². The second-order valence-corrected chi connectivity index (χ2v) is 19.9. The summed E-state index contributed by atoms with van der Waals surface area (Å²) in [5, 5.41) is 5.64. The fourth-order valence-electron chi connectivity index (χ4n) is 5.54. The third-order valence-corrected chi connectivity index (χ3v) is 10.1. The number of pyridine rings is 2. The molecule has 0 amide bonds. The van der Waals surface area contributed by atoms with Gasteiger partial charge >= 0.3 is 6.61 Å². The minimum absolute atomic E-state index is 0.100. The van der Waals surface area contributed by atoms with Gasteiger partial charge in [0.2, 0.25) is 21.8 Å². The summed E-state index contributed by atoms with van der Waals surface area (Å²) < 4.78 is 74.8. The fourth-order valence-corrected chi connectivity index (χ4v) is 7.05. The molecule has 1 N–H and O–H groups in total. The van der Waals surface area contributed by atoms with Gasteiger partial charge in [-0.2, -0.15) is 13.9 Å². The van der Waals surface area contributed by atoms with Crippen LogP contribution in [0.4, 0.5) is 8.78 Å². The molecule has 0 aromatic carbocycles. The molecule has 11 nitrogen and oxygen atoms in total. The van der Waals surface area contributed by atoms with Gasteiger partial charge in [0.25, 0.3) is 0 Å². The van der Waals surface area contributed by atoms with E-state index < -0.39 is 30.8 Å². The molecule has 44 heavy (non-hydrogen) atoms. The SMILES string of the molecule is C[Si](C)(C)CCOCn1c(-c2c(C3CC3)nn3c2OC[C@@H](NS(C)(=O)=O)C3)c(-c2cccnc2OC(F)F)c2cccnc21. The van der Waals surface area contributed by atoms with Gasteiger partial charge in [0.1, 0.15) is 19.0 Å². The van der Waals surface area contributed by atoms with Crippen molar-refractivity contribution in [2.24, 2.45) is 0 Å². The lowest BCUT2D eigenvalue weighted by atomic mass is 9.98. The van der Waals surface area contributed by atoms with E-state index in [2.05, 4.69) is 29.3 Å². The Hall–Kier alpha value is -3.40. The van der Waals surface area contributed by atoms with E-state index in [0.717, 1.165) is 30.8 Å². The van der Waals surface area contributed by atoms with E-state index in [9.17, 15) is 17.2 Å². The predicted octanol–water partition coefficient (Wildman–Crippen LogP) is 5.06. The van der Waals surface area contributed by atoms with Crippen LogP contribution in [-0.4, -0.2) is 72.9 Å². The summed E-state index contributed by atoms with van der Waals surface area (Å²) in [4.78, 5) is 8.87. The number of fused-ring (bicyclic) bond motifs is 2. The van der Waals surface area contributed by atoms with Crippen LogP contribution in [0, 0.1) is 0 Å². The monoisotopic (exact) mass is 646 g/mol. The van der Waals surface area contributed by atoms with Gasteiger partial charge in [-0.05, 0) is 43.2 Å². The third kappa shape index (κ3) is 6.50. The van der Waals surface area contributed by atoms with Crippen molar-refractivity contribution in [2.45, 2.75) is 70.4 Å². The first kappa shape index (κ1) is 30.6. The van der Waals surface area contributed by atoms with Gasteiger partial charge < -0.3 is 18.8 Å². The molecule has 0 bridgehead atoms. The number of rotatable bonds is 12. The average molecular weight is 647 g/mol. The Bertz CT molecular complexity index is 1780. The van der Waals surface area contributed by atoms with Gasteiger partial charge in [-0.3, -0.25) is 0 Å². The molecule has 4 aromatic heterocycles. The minimum Gasteiger partial charge on any atom is -0.476 e.